The van der Waals surface area contributed by atoms with E-state index >= 15 is 0 Å². The van der Waals surface area contributed by atoms with Crippen LogP contribution in [0.25, 0.3) is 0 Å². The summed E-state index contributed by atoms with van der Waals surface area (Å²) in [6.07, 6.45) is 0. The molecule has 0 aliphatic carbocycles. The highest BCUT2D eigenvalue weighted by Gasteiger charge is 2.18. The molecule has 1 aliphatic heterocycles. The van der Waals surface area contributed by atoms with Gasteiger partial charge in [-0.2, -0.15) is 0 Å². The molecule has 0 atom stereocenters. The number of hydrogen-bond donors (Lipinski definition) is 2. The van der Waals surface area contributed by atoms with Crippen molar-refractivity contribution in [2.75, 3.05) is 31.2 Å². The predicted octanol–water partition coefficient (Wildman–Crippen LogP) is 0.953. The molecule has 2 N–H and O–H groups in total. The van der Waals surface area contributed by atoms with E-state index in [4.69, 9.17) is 9.94 Å². The molecule has 1 aliphatic rings. The maximum Gasteiger partial charge on any atom is 0.263 e. The molecule has 1 fully saturated rings. The first kappa shape index (κ1) is 13.8. The van der Waals surface area contributed by atoms with Crippen molar-refractivity contribution < 1.29 is 18.4 Å². The van der Waals surface area contributed by atoms with Gasteiger partial charge in [-0.15, -0.1) is 0 Å². The van der Waals surface area contributed by atoms with Gasteiger partial charge in [-0.3, -0.25) is 0 Å². The standard InChI is InChI=1S/C10H13BrN2O4S/c11-9-7-8(13-3-5-17-6-4-13)1-2-10(9)18(15,16)12-14/h1-2,7,12,14H,3-6H2. The summed E-state index contributed by atoms with van der Waals surface area (Å²) in [4.78, 5) is 3.42. The van der Waals surface area contributed by atoms with Crippen molar-refractivity contribution in [3.05, 3.63) is 22.7 Å². The summed E-state index contributed by atoms with van der Waals surface area (Å²) in [5, 5.41) is 8.60. The molecule has 0 radical (unpaired) electrons. The Morgan fingerprint density at radius 3 is 2.56 bits per heavy atom. The van der Waals surface area contributed by atoms with E-state index in [1.807, 2.05) is 0 Å². The number of morpholine rings is 1. The topological polar surface area (TPSA) is 78.9 Å². The third-order valence-corrected chi connectivity index (χ3v) is 4.80. The molecule has 0 saturated carbocycles. The van der Waals surface area contributed by atoms with Crippen molar-refractivity contribution >= 4 is 31.6 Å². The summed E-state index contributed by atoms with van der Waals surface area (Å²) in [5.74, 6) is 0. The zero-order valence-electron chi connectivity index (χ0n) is 9.47. The SMILES string of the molecule is O=S(=O)(NO)c1ccc(N2CCOCC2)cc1Br. The van der Waals surface area contributed by atoms with Crippen LogP contribution in [0, 0.1) is 0 Å². The lowest BCUT2D eigenvalue weighted by Gasteiger charge is -2.29. The van der Waals surface area contributed by atoms with E-state index in [0.717, 1.165) is 18.8 Å². The lowest BCUT2D eigenvalue weighted by molar-refractivity contribution is 0.122. The van der Waals surface area contributed by atoms with Crippen molar-refractivity contribution in [1.29, 1.82) is 0 Å². The molecule has 6 nitrogen and oxygen atoms in total. The van der Waals surface area contributed by atoms with Crippen molar-refractivity contribution in [3.63, 3.8) is 0 Å². The number of sulfonamides is 1. The van der Waals surface area contributed by atoms with Crippen LogP contribution in [0.1, 0.15) is 0 Å². The van der Waals surface area contributed by atoms with Gasteiger partial charge in [-0.1, -0.05) is 4.89 Å². The van der Waals surface area contributed by atoms with Crippen molar-refractivity contribution in [2.24, 2.45) is 0 Å². The van der Waals surface area contributed by atoms with Gasteiger partial charge in [0.2, 0.25) is 0 Å². The second-order valence-electron chi connectivity index (χ2n) is 3.81. The Kier molecular flexibility index (Phi) is 4.23. The van der Waals surface area contributed by atoms with E-state index in [0.29, 0.717) is 17.7 Å². The van der Waals surface area contributed by atoms with Gasteiger partial charge < -0.3 is 14.8 Å². The monoisotopic (exact) mass is 336 g/mol. The second kappa shape index (κ2) is 5.54. The average Bonchev–Trinajstić information content (AvgIpc) is 2.39. The number of nitrogens with zero attached hydrogens (tertiary/aromatic N) is 1. The van der Waals surface area contributed by atoms with E-state index in [-0.39, 0.29) is 4.90 Å². The van der Waals surface area contributed by atoms with E-state index in [1.165, 1.54) is 11.0 Å². The maximum absolute atomic E-state index is 11.5. The fraction of sp³-hybridized carbons (Fsp3) is 0.400. The van der Waals surface area contributed by atoms with Crippen molar-refractivity contribution in [1.82, 2.24) is 4.89 Å². The summed E-state index contributed by atoms with van der Waals surface area (Å²) in [6.45, 7) is 2.87. The van der Waals surface area contributed by atoms with Gasteiger partial charge >= 0.3 is 0 Å². The fourth-order valence-electron chi connectivity index (χ4n) is 1.78. The molecule has 1 heterocycles. The van der Waals surface area contributed by atoms with Crippen LogP contribution in [0.15, 0.2) is 27.6 Å². The maximum atomic E-state index is 11.5. The van der Waals surface area contributed by atoms with Gasteiger partial charge in [0.15, 0.2) is 0 Å². The van der Waals surface area contributed by atoms with E-state index in [1.54, 1.807) is 12.1 Å². The summed E-state index contributed by atoms with van der Waals surface area (Å²) >= 11 is 3.20. The zero-order chi connectivity index (χ0) is 13.2. The molecule has 0 amide bonds. The number of rotatable bonds is 3. The highest BCUT2D eigenvalue weighted by Crippen LogP contribution is 2.27. The quantitative estimate of drug-likeness (QED) is 0.803. The van der Waals surface area contributed by atoms with Crippen molar-refractivity contribution in [2.45, 2.75) is 4.90 Å². The molecule has 2 rings (SSSR count). The first-order valence-corrected chi connectivity index (χ1v) is 7.60. The Morgan fingerprint density at radius 1 is 1.33 bits per heavy atom. The summed E-state index contributed by atoms with van der Waals surface area (Å²) in [6, 6.07) is 4.88. The number of anilines is 1. The Labute approximate surface area is 114 Å². The third-order valence-electron chi connectivity index (χ3n) is 2.70. The molecule has 0 spiro atoms. The first-order chi connectivity index (χ1) is 8.54. The van der Waals surface area contributed by atoms with E-state index < -0.39 is 10.0 Å². The lowest BCUT2D eigenvalue weighted by Crippen LogP contribution is -2.36. The van der Waals surface area contributed by atoms with Crippen LogP contribution in [0.5, 0.6) is 0 Å². The summed E-state index contributed by atoms with van der Waals surface area (Å²) in [7, 11) is -3.86. The van der Waals surface area contributed by atoms with Crippen LogP contribution in [0.2, 0.25) is 0 Å². The zero-order valence-corrected chi connectivity index (χ0v) is 11.9. The lowest BCUT2D eigenvalue weighted by atomic mass is 10.2. The van der Waals surface area contributed by atoms with E-state index in [9.17, 15) is 8.42 Å². The van der Waals surface area contributed by atoms with Crippen LogP contribution in [-0.2, 0) is 14.8 Å². The number of halogens is 1. The van der Waals surface area contributed by atoms with Crippen LogP contribution in [0.3, 0.4) is 0 Å². The second-order valence-corrected chi connectivity index (χ2v) is 6.29. The molecule has 18 heavy (non-hydrogen) atoms. The predicted molar refractivity (Wildman–Crippen MR) is 69.3 cm³/mol. The van der Waals surface area contributed by atoms with Crippen LogP contribution in [-0.4, -0.2) is 39.9 Å². The van der Waals surface area contributed by atoms with Gasteiger partial charge in [0.1, 0.15) is 0 Å². The number of ether oxygens (including phenoxy) is 1. The van der Waals surface area contributed by atoms with Gasteiger partial charge in [-0.25, -0.2) is 8.42 Å². The minimum Gasteiger partial charge on any atom is -0.378 e. The highest BCUT2D eigenvalue weighted by atomic mass is 79.9. The van der Waals surface area contributed by atoms with Crippen LogP contribution in [0.4, 0.5) is 5.69 Å². The van der Waals surface area contributed by atoms with Gasteiger partial charge in [0, 0.05) is 23.2 Å². The Morgan fingerprint density at radius 2 is 2.00 bits per heavy atom. The summed E-state index contributed by atoms with van der Waals surface area (Å²) in [5.41, 5.74) is 0.919. The minimum atomic E-state index is -3.86. The Bertz CT molecular complexity index is 529. The molecule has 0 unspecified atom stereocenters. The van der Waals surface area contributed by atoms with E-state index in [2.05, 4.69) is 20.8 Å². The fourth-order valence-corrected chi connectivity index (χ4v) is 3.44. The molecule has 8 heteroatoms. The normalized spacial score (nSPS) is 16.9. The number of benzene rings is 1. The smallest absolute Gasteiger partial charge is 0.263 e. The molecule has 0 bridgehead atoms. The highest BCUT2D eigenvalue weighted by molar-refractivity contribution is 9.10. The Balaban J connectivity index is 2.30. The number of hydrogen-bond acceptors (Lipinski definition) is 5. The van der Waals surface area contributed by atoms with Crippen LogP contribution >= 0.6 is 15.9 Å². The molecule has 1 saturated heterocycles. The first-order valence-electron chi connectivity index (χ1n) is 5.33. The Hall–Kier alpha value is -0.670. The minimum absolute atomic E-state index is 0.00186. The molecular weight excluding hydrogens is 324 g/mol. The summed E-state index contributed by atoms with van der Waals surface area (Å²) < 4.78 is 28.6. The largest absolute Gasteiger partial charge is 0.378 e. The molecule has 1 aromatic rings. The molecular formula is C10H13BrN2O4S. The van der Waals surface area contributed by atoms with Crippen molar-refractivity contribution in [3.8, 4) is 0 Å². The van der Waals surface area contributed by atoms with Crippen LogP contribution < -0.4 is 9.79 Å². The molecule has 100 valence electrons. The molecule has 1 aromatic carbocycles. The third kappa shape index (κ3) is 2.83. The molecule has 0 aromatic heterocycles. The van der Waals surface area contributed by atoms with Gasteiger partial charge in [0.25, 0.3) is 10.0 Å². The number of nitrogens with one attached hydrogen (secondary N) is 1. The van der Waals surface area contributed by atoms with Gasteiger partial charge in [-0.05, 0) is 34.1 Å². The van der Waals surface area contributed by atoms with Gasteiger partial charge in [0.05, 0.1) is 18.1 Å². The average molecular weight is 337 g/mol.